The van der Waals surface area contributed by atoms with E-state index in [0.29, 0.717) is 18.1 Å². The van der Waals surface area contributed by atoms with Gasteiger partial charge in [-0.1, -0.05) is 19.1 Å². The van der Waals surface area contributed by atoms with E-state index in [1.165, 1.54) is 0 Å². The average Bonchev–Trinajstić information content (AvgIpc) is 2.91. The van der Waals surface area contributed by atoms with Gasteiger partial charge in [0, 0.05) is 6.54 Å². The molecule has 0 saturated carbocycles. The van der Waals surface area contributed by atoms with Crippen molar-refractivity contribution in [1.82, 2.24) is 20.2 Å². The van der Waals surface area contributed by atoms with Crippen LogP contribution in [0.3, 0.4) is 0 Å². The molecular formula is C14H18N4O3. The molecule has 0 amide bonds. The Morgan fingerprint density at radius 2 is 2.24 bits per heavy atom. The van der Waals surface area contributed by atoms with Gasteiger partial charge in [0.05, 0.1) is 0 Å². The van der Waals surface area contributed by atoms with Gasteiger partial charge in [-0.15, -0.1) is 5.10 Å². The fourth-order valence-corrected chi connectivity index (χ4v) is 1.75. The minimum Gasteiger partial charge on any atom is -0.482 e. The van der Waals surface area contributed by atoms with Crippen molar-refractivity contribution in [3.63, 3.8) is 0 Å². The summed E-state index contributed by atoms with van der Waals surface area (Å²) in [6.07, 6.45) is 0.905. The van der Waals surface area contributed by atoms with Crippen molar-refractivity contribution >= 4 is 5.97 Å². The number of carbonyl (C=O) groups is 1. The van der Waals surface area contributed by atoms with Gasteiger partial charge in [-0.25, -0.2) is 9.48 Å². The highest BCUT2D eigenvalue weighted by Crippen LogP contribution is 2.12. The number of carbonyl (C=O) groups excluding carboxylic acids is 1. The molecule has 0 aliphatic rings. The quantitative estimate of drug-likeness (QED) is 0.719. The maximum Gasteiger partial charge on any atom is 0.344 e. The molecule has 7 heteroatoms. The van der Waals surface area contributed by atoms with Crippen molar-refractivity contribution in [3.05, 3.63) is 35.7 Å². The first-order valence-electron chi connectivity index (χ1n) is 6.79. The van der Waals surface area contributed by atoms with E-state index in [2.05, 4.69) is 15.5 Å². The van der Waals surface area contributed by atoms with E-state index in [9.17, 15) is 4.79 Å². The molecule has 1 aromatic carbocycles. The van der Waals surface area contributed by atoms with Crippen molar-refractivity contribution in [2.24, 2.45) is 0 Å². The molecule has 1 aromatic heterocycles. The number of esters is 1. The molecular weight excluding hydrogens is 272 g/mol. The molecule has 112 valence electrons. The summed E-state index contributed by atoms with van der Waals surface area (Å²) in [6.45, 7) is 4.58. The number of tetrazole rings is 1. The minimum atomic E-state index is -0.456. The zero-order valence-electron chi connectivity index (χ0n) is 12.2. The predicted octanol–water partition coefficient (Wildman–Crippen LogP) is 1.51. The summed E-state index contributed by atoms with van der Waals surface area (Å²) in [7, 11) is 0. The predicted molar refractivity (Wildman–Crippen MR) is 74.6 cm³/mol. The Balaban J connectivity index is 1.78. The third-order valence-electron chi connectivity index (χ3n) is 2.75. The molecule has 1 heterocycles. The van der Waals surface area contributed by atoms with Crippen molar-refractivity contribution in [2.75, 3.05) is 6.61 Å². The molecule has 7 nitrogen and oxygen atoms in total. The van der Waals surface area contributed by atoms with Gasteiger partial charge in [0.15, 0.2) is 19.0 Å². The Bertz CT molecular complexity index is 597. The molecule has 0 aliphatic carbocycles. The number of nitrogens with zero attached hydrogens (tertiary/aromatic N) is 4. The lowest BCUT2D eigenvalue weighted by atomic mass is 10.2. The van der Waals surface area contributed by atoms with Gasteiger partial charge in [0.2, 0.25) is 0 Å². The SMILES string of the molecule is CCCn1nnnc1COC(=O)COc1cccc(C)c1. The maximum absolute atomic E-state index is 11.6. The zero-order chi connectivity index (χ0) is 15.1. The lowest BCUT2D eigenvalue weighted by Crippen LogP contribution is -2.16. The third-order valence-corrected chi connectivity index (χ3v) is 2.75. The molecule has 0 unspecified atom stereocenters. The smallest absolute Gasteiger partial charge is 0.344 e. The van der Waals surface area contributed by atoms with Crippen molar-refractivity contribution < 1.29 is 14.3 Å². The number of aromatic nitrogens is 4. The fourth-order valence-electron chi connectivity index (χ4n) is 1.75. The third kappa shape index (κ3) is 4.55. The van der Waals surface area contributed by atoms with Crippen LogP contribution in [0.25, 0.3) is 0 Å². The first-order valence-corrected chi connectivity index (χ1v) is 6.79. The molecule has 2 rings (SSSR count). The van der Waals surface area contributed by atoms with E-state index in [-0.39, 0.29) is 13.2 Å². The molecule has 0 aliphatic heterocycles. The van der Waals surface area contributed by atoms with Gasteiger partial charge in [-0.05, 0) is 41.5 Å². The number of aryl methyl sites for hydroxylation is 2. The van der Waals surface area contributed by atoms with Crippen molar-refractivity contribution in [3.8, 4) is 5.75 Å². The van der Waals surface area contributed by atoms with Crippen LogP contribution >= 0.6 is 0 Å². The standard InChI is InChI=1S/C14H18N4O3/c1-3-7-18-13(15-16-17-18)9-21-14(19)10-20-12-6-4-5-11(2)8-12/h4-6,8H,3,7,9-10H2,1-2H3. The van der Waals surface area contributed by atoms with Crippen LogP contribution in [0.15, 0.2) is 24.3 Å². The topological polar surface area (TPSA) is 79.1 Å². The monoisotopic (exact) mass is 290 g/mol. The van der Waals surface area contributed by atoms with Gasteiger partial charge in [-0.3, -0.25) is 0 Å². The van der Waals surface area contributed by atoms with E-state index < -0.39 is 5.97 Å². The Kier molecular flexibility index (Phi) is 5.25. The summed E-state index contributed by atoms with van der Waals surface area (Å²) in [5, 5.41) is 11.2. The average molecular weight is 290 g/mol. The van der Waals surface area contributed by atoms with E-state index in [1.54, 1.807) is 10.7 Å². The Hall–Kier alpha value is -2.44. The van der Waals surface area contributed by atoms with Gasteiger partial charge in [0.25, 0.3) is 0 Å². The van der Waals surface area contributed by atoms with Crippen LogP contribution in [0.1, 0.15) is 24.7 Å². The molecule has 0 spiro atoms. The first-order chi connectivity index (χ1) is 10.2. The van der Waals surface area contributed by atoms with Gasteiger partial charge < -0.3 is 9.47 Å². The minimum absolute atomic E-state index is 0.0447. The Labute approximate surface area is 122 Å². The summed E-state index contributed by atoms with van der Waals surface area (Å²) in [4.78, 5) is 11.6. The lowest BCUT2D eigenvalue weighted by Gasteiger charge is -2.07. The number of ether oxygens (including phenoxy) is 2. The van der Waals surface area contributed by atoms with E-state index in [0.717, 1.165) is 12.0 Å². The van der Waals surface area contributed by atoms with E-state index in [1.807, 2.05) is 32.0 Å². The molecule has 0 N–H and O–H groups in total. The maximum atomic E-state index is 11.6. The van der Waals surface area contributed by atoms with Crippen LogP contribution in [0.5, 0.6) is 5.75 Å². The number of hydrogen-bond acceptors (Lipinski definition) is 6. The molecule has 0 radical (unpaired) electrons. The first kappa shape index (κ1) is 15.0. The number of benzene rings is 1. The van der Waals surface area contributed by atoms with Crippen molar-refractivity contribution in [2.45, 2.75) is 33.4 Å². The van der Waals surface area contributed by atoms with Crippen LogP contribution in [0, 0.1) is 6.92 Å². The molecule has 0 bridgehead atoms. The zero-order valence-corrected chi connectivity index (χ0v) is 12.2. The summed E-state index contributed by atoms with van der Waals surface area (Å²) in [5.74, 6) is 0.714. The highest BCUT2D eigenvalue weighted by molar-refractivity contribution is 5.71. The van der Waals surface area contributed by atoms with E-state index in [4.69, 9.17) is 9.47 Å². The van der Waals surface area contributed by atoms with Crippen LogP contribution in [-0.2, 0) is 22.7 Å². The van der Waals surface area contributed by atoms with Gasteiger partial charge in [-0.2, -0.15) is 0 Å². The largest absolute Gasteiger partial charge is 0.482 e. The van der Waals surface area contributed by atoms with Crippen LogP contribution in [-0.4, -0.2) is 32.8 Å². The van der Waals surface area contributed by atoms with Gasteiger partial charge in [0.1, 0.15) is 5.75 Å². The molecule has 0 fully saturated rings. The van der Waals surface area contributed by atoms with Crippen LogP contribution in [0.4, 0.5) is 0 Å². The second kappa shape index (κ2) is 7.37. The summed E-state index contributed by atoms with van der Waals surface area (Å²) in [6, 6.07) is 7.48. The highest BCUT2D eigenvalue weighted by atomic mass is 16.6. The van der Waals surface area contributed by atoms with Crippen LogP contribution < -0.4 is 4.74 Å². The van der Waals surface area contributed by atoms with Gasteiger partial charge >= 0.3 is 5.97 Å². The lowest BCUT2D eigenvalue weighted by molar-refractivity contribution is -0.147. The summed E-state index contributed by atoms with van der Waals surface area (Å²) < 4.78 is 12.1. The Morgan fingerprint density at radius 3 is 3.00 bits per heavy atom. The second-order valence-corrected chi connectivity index (χ2v) is 4.58. The number of rotatable bonds is 7. The number of hydrogen-bond donors (Lipinski definition) is 0. The fraction of sp³-hybridized carbons (Fsp3) is 0.429. The van der Waals surface area contributed by atoms with Crippen LogP contribution in [0.2, 0.25) is 0 Å². The highest BCUT2D eigenvalue weighted by Gasteiger charge is 2.10. The molecule has 2 aromatic rings. The Morgan fingerprint density at radius 1 is 1.38 bits per heavy atom. The normalized spacial score (nSPS) is 10.4. The second-order valence-electron chi connectivity index (χ2n) is 4.58. The summed E-state index contributed by atoms with van der Waals surface area (Å²) >= 11 is 0. The molecule has 0 saturated heterocycles. The molecule has 0 atom stereocenters. The molecule has 21 heavy (non-hydrogen) atoms. The summed E-state index contributed by atoms with van der Waals surface area (Å²) in [5.41, 5.74) is 1.07. The van der Waals surface area contributed by atoms with Crippen molar-refractivity contribution in [1.29, 1.82) is 0 Å². The van der Waals surface area contributed by atoms with E-state index >= 15 is 0 Å².